The molecule has 1 amide bonds. The van der Waals surface area contributed by atoms with Crippen LogP contribution in [-0.4, -0.2) is 28.5 Å². The summed E-state index contributed by atoms with van der Waals surface area (Å²) in [5.74, 6) is -0.202. The van der Waals surface area contributed by atoms with E-state index in [0.29, 0.717) is 11.1 Å². The molecule has 24 heavy (non-hydrogen) atoms. The maximum atomic E-state index is 13.5. The first kappa shape index (κ1) is 16.7. The second kappa shape index (κ2) is 7.18. The number of carbonyl (C=O) groups excluding carboxylic acids is 1. The minimum absolute atomic E-state index is 0.202. The Hall–Kier alpha value is -2.13. The number of rotatable bonds is 4. The summed E-state index contributed by atoms with van der Waals surface area (Å²) in [4.78, 5) is 15.4. The molecule has 126 valence electrons. The number of likely N-dealkylation sites (tertiary alicyclic amines) is 1. The molecular formula is C21H25NO2. The minimum Gasteiger partial charge on any atom is -0.372 e. The summed E-state index contributed by atoms with van der Waals surface area (Å²) in [5, 5.41) is 11.6. The summed E-state index contributed by atoms with van der Waals surface area (Å²) in [6, 6.07) is 18.8. The molecule has 1 aliphatic heterocycles. The van der Waals surface area contributed by atoms with E-state index in [1.807, 2.05) is 65.6 Å². The third-order valence-corrected chi connectivity index (χ3v) is 5.05. The van der Waals surface area contributed by atoms with E-state index in [1.54, 1.807) is 0 Å². The van der Waals surface area contributed by atoms with Gasteiger partial charge in [0, 0.05) is 12.6 Å². The summed E-state index contributed by atoms with van der Waals surface area (Å²) in [7, 11) is 0. The van der Waals surface area contributed by atoms with Gasteiger partial charge >= 0.3 is 0 Å². The van der Waals surface area contributed by atoms with Crippen molar-refractivity contribution in [2.45, 2.75) is 44.2 Å². The molecule has 3 rings (SSSR count). The van der Waals surface area contributed by atoms with Crippen molar-refractivity contribution in [2.24, 2.45) is 0 Å². The molecule has 3 nitrogen and oxygen atoms in total. The maximum Gasteiger partial charge on any atom is 0.264 e. The van der Waals surface area contributed by atoms with Crippen molar-refractivity contribution in [2.75, 3.05) is 6.54 Å². The van der Waals surface area contributed by atoms with Crippen LogP contribution in [0.4, 0.5) is 0 Å². The van der Waals surface area contributed by atoms with Crippen LogP contribution in [0.3, 0.4) is 0 Å². The van der Waals surface area contributed by atoms with Crippen molar-refractivity contribution in [3.05, 3.63) is 71.8 Å². The minimum atomic E-state index is -1.63. The summed E-state index contributed by atoms with van der Waals surface area (Å²) in [6.07, 6.45) is 4.09. The fraction of sp³-hybridized carbons (Fsp3) is 0.381. The van der Waals surface area contributed by atoms with Crippen molar-refractivity contribution in [3.8, 4) is 0 Å². The average Bonchev–Trinajstić information content (AvgIpc) is 2.68. The van der Waals surface area contributed by atoms with E-state index in [9.17, 15) is 9.90 Å². The van der Waals surface area contributed by atoms with Gasteiger partial charge in [0.05, 0.1) is 0 Å². The van der Waals surface area contributed by atoms with E-state index < -0.39 is 5.60 Å². The number of benzene rings is 2. The quantitative estimate of drug-likeness (QED) is 0.932. The second-order valence-corrected chi connectivity index (χ2v) is 6.50. The number of hydrogen-bond donors (Lipinski definition) is 1. The van der Waals surface area contributed by atoms with Gasteiger partial charge in [-0.1, -0.05) is 67.6 Å². The van der Waals surface area contributed by atoms with Gasteiger partial charge in [0.1, 0.15) is 0 Å². The van der Waals surface area contributed by atoms with Crippen LogP contribution in [0.25, 0.3) is 0 Å². The van der Waals surface area contributed by atoms with E-state index in [0.717, 1.165) is 32.2 Å². The van der Waals surface area contributed by atoms with Gasteiger partial charge in [-0.2, -0.15) is 0 Å². The topological polar surface area (TPSA) is 40.5 Å². The van der Waals surface area contributed by atoms with Crippen LogP contribution in [0, 0.1) is 0 Å². The Kier molecular flexibility index (Phi) is 5.00. The Morgan fingerprint density at radius 1 is 1.04 bits per heavy atom. The summed E-state index contributed by atoms with van der Waals surface area (Å²) in [6.45, 7) is 2.83. The Balaban J connectivity index is 2.06. The highest BCUT2D eigenvalue weighted by Gasteiger charge is 2.44. The number of nitrogens with zero attached hydrogens (tertiary/aromatic N) is 1. The molecule has 1 saturated heterocycles. The normalized spacial score (nSPS) is 18.4. The Morgan fingerprint density at radius 3 is 2.08 bits per heavy atom. The van der Waals surface area contributed by atoms with Gasteiger partial charge in [0.25, 0.3) is 5.91 Å². The van der Waals surface area contributed by atoms with Crippen LogP contribution in [0.2, 0.25) is 0 Å². The predicted octanol–water partition coefficient (Wildman–Crippen LogP) is 3.71. The molecule has 2 aromatic carbocycles. The fourth-order valence-electron chi connectivity index (χ4n) is 3.67. The molecule has 0 aromatic heterocycles. The molecule has 2 aromatic rings. The largest absolute Gasteiger partial charge is 0.372 e. The van der Waals surface area contributed by atoms with E-state index in [2.05, 4.69) is 6.92 Å². The smallest absolute Gasteiger partial charge is 0.264 e. The summed E-state index contributed by atoms with van der Waals surface area (Å²) >= 11 is 0. The fourth-order valence-corrected chi connectivity index (χ4v) is 3.67. The molecule has 1 N–H and O–H groups in total. The van der Waals surface area contributed by atoms with E-state index >= 15 is 0 Å². The highest BCUT2D eigenvalue weighted by molar-refractivity contribution is 5.90. The van der Waals surface area contributed by atoms with Crippen LogP contribution in [0.1, 0.15) is 43.7 Å². The Labute approximate surface area is 143 Å². The molecule has 1 fully saturated rings. The van der Waals surface area contributed by atoms with Gasteiger partial charge in [-0.05, 0) is 36.8 Å². The number of aliphatic hydroxyl groups is 1. The van der Waals surface area contributed by atoms with Crippen molar-refractivity contribution in [1.29, 1.82) is 0 Å². The Bertz CT molecular complexity index is 629. The van der Waals surface area contributed by atoms with Crippen LogP contribution in [0.5, 0.6) is 0 Å². The zero-order valence-electron chi connectivity index (χ0n) is 14.2. The molecule has 1 aliphatic rings. The highest BCUT2D eigenvalue weighted by Crippen LogP contribution is 2.34. The predicted molar refractivity (Wildman–Crippen MR) is 95.5 cm³/mol. The molecule has 0 bridgehead atoms. The van der Waals surface area contributed by atoms with Crippen LogP contribution >= 0.6 is 0 Å². The van der Waals surface area contributed by atoms with Crippen LogP contribution in [-0.2, 0) is 10.4 Å². The van der Waals surface area contributed by atoms with Crippen molar-refractivity contribution < 1.29 is 9.90 Å². The zero-order chi connectivity index (χ0) is 17.0. The average molecular weight is 323 g/mol. The molecule has 1 unspecified atom stereocenters. The standard InChI is InChI=1S/C21H25NO2/c1-2-19-15-9-10-16-22(19)20(23)21(24,17-11-5-3-6-12-17)18-13-7-4-8-14-18/h3-8,11-14,19,24H,2,9-10,15-16H2,1H3. The number of piperidine rings is 1. The molecule has 0 spiro atoms. The molecule has 3 heteroatoms. The number of hydrogen-bond acceptors (Lipinski definition) is 2. The van der Waals surface area contributed by atoms with Gasteiger partial charge in [-0.3, -0.25) is 4.79 Å². The molecule has 0 aliphatic carbocycles. The van der Waals surface area contributed by atoms with Crippen LogP contribution in [0.15, 0.2) is 60.7 Å². The molecule has 1 atom stereocenters. The van der Waals surface area contributed by atoms with Gasteiger partial charge in [0.15, 0.2) is 5.60 Å². The Morgan fingerprint density at radius 2 is 1.58 bits per heavy atom. The van der Waals surface area contributed by atoms with Crippen molar-refractivity contribution >= 4 is 5.91 Å². The SMILES string of the molecule is CCC1CCCCN1C(=O)C(O)(c1ccccc1)c1ccccc1. The number of amides is 1. The van der Waals surface area contributed by atoms with Crippen LogP contribution < -0.4 is 0 Å². The molecule has 1 heterocycles. The van der Waals surface area contributed by atoms with Gasteiger partial charge in [0.2, 0.25) is 0 Å². The monoisotopic (exact) mass is 323 g/mol. The number of carbonyl (C=O) groups is 1. The maximum absolute atomic E-state index is 13.5. The zero-order valence-corrected chi connectivity index (χ0v) is 14.2. The lowest BCUT2D eigenvalue weighted by molar-refractivity contribution is -0.152. The lowest BCUT2D eigenvalue weighted by Gasteiger charge is -2.41. The third-order valence-electron chi connectivity index (χ3n) is 5.05. The van der Waals surface area contributed by atoms with Crippen molar-refractivity contribution in [1.82, 2.24) is 4.90 Å². The van der Waals surface area contributed by atoms with Gasteiger partial charge in [-0.25, -0.2) is 0 Å². The van der Waals surface area contributed by atoms with E-state index in [-0.39, 0.29) is 11.9 Å². The van der Waals surface area contributed by atoms with E-state index in [1.165, 1.54) is 0 Å². The van der Waals surface area contributed by atoms with Gasteiger partial charge in [-0.15, -0.1) is 0 Å². The lowest BCUT2D eigenvalue weighted by Crippen LogP contribution is -2.53. The summed E-state index contributed by atoms with van der Waals surface area (Å²) < 4.78 is 0. The van der Waals surface area contributed by atoms with Crippen molar-refractivity contribution in [3.63, 3.8) is 0 Å². The lowest BCUT2D eigenvalue weighted by atomic mass is 9.83. The first-order valence-electron chi connectivity index (χ1n) is 8.82. The van der Waals surface area contributed by atoms with Gasteiger partial charge < -0.3 is 10.0 Å². The summed E-state index contributed by atoms with van der Waals surface area (Å²) in [5.41, 5.74) is -0.379. The molecular weight excluding hydrogens is 298 g/mol. The molecule has 0 saturated carbocycles. The highest BCUT2D eigenvalue weighted by atomic mass is 16.3. The molecule has 0 radical (unpaired) electrons. The van der Waals surface area contributed by atoms with E-state index in [4.69, 9.17) is 0 Å². The second-order valence-electron chi connectivity index (χ2n) is 6.50. The third kappa shape index (κ3) is 2.96. The first-order valence-corrected chi connectivity index (χ1v) is 8.82. The first-order chi connectivity index (χ1) is 11.7.